The molecule has 0 bridgehead atoms. The standard InChI is InChI=1S/C6H15NO2/c1-3-4-5-7-6(2,8)9/h7-9H,3-5H2,1-2H3. The second kappa shape index (κ2) is 3.82. The van der Waals surface area contributed by atoms with Crippen LogP contribution in [0, 0.1) is 0 Å². The molecule has 0 amide bonds. The van der Waals surface area contributed by atoms with Crippen molar-refractivity contribution < 1.29 is 10.2 Å². The first-order valence-electron chi connectivity index (χ1n) is 3.26. The predicted octanol–water partition coefficient (Wildman–Crippen LogP) is 0.0344. The third-order valence-corrected chi connectivity index (χ3v) is 0.990. The van der Waals surface area contributed by atoms with E-state index >= 15 is 0 Å². The molecule has 0 saturated heterocycles. The molecule has 0 aromatic heterocycles. The molecule has 3 heteroatoms. The maximum absolute atomic E-state index is 8.69. The van der Waals surface area contributed by atoms with Gasteiger partial charge >= 0.3 is 0 Å². The lowest BCUT2D eigenvalue weighted by Crippen LogP contribution is -2.42. The molecule has 9 heavy (non-hydrogen) atoms. The summed E-state index contributed by atoms with van der Waals surface area (Å²) in [4.78, 5) is 0. The van der Waals surface area contributed by atoms with Gasteiger partial charge in [0, 0.05) is 6.92 Å². The quantitative estimate of drug-likeness (QED) is 0.375. The Morgan fingerprint density at radius 3 is 2.33 bits per heavy atom. The molecule has 0 aliphatic carbocycles. The maximum atomic E-state index is 8.69. The highest BCUT2D eigenvalue weighted by molar-refractivity contribution is 4.52. The van der Waals surface area contributed by atoms with Crippen molar-refractivity contribution in [3.05, 3.63) is 0 Å². The number of rotatable bonds is 4. The summed E-state index contributed by atoms with van der Waals surface area (Å²) in [6.07, 6.45) is 2.03. The van der Waals surface area contributed by atoms with Crippen LogP contribution in [0.1, 0.15) is 26.7 Å². The van der Waals surface area contributed by atoms with E-state index in [0.29, 0.717) is 6.54 Å². The molecule has 0 fully saturated rings. The Bertz CT molecular complexity index is 67.9. The molecule has 0 aliphatic heterocycles. The van der Waals surface area contributed by atoms with Crippen molar-refractivity contribution in [1.29, 1.82) is 0 Å². The lowest BCUT2D eigenvalue weighted by Gasteiger charge is -2.16. The molecule has 0 atom stereocenters. The number of unbranched alkanes of at least 4 members (excludes halogenated alkanes) is 1. The van der Waals surface area contributed by atoms with Crippen LogP contribution in [0.2, 0.25) is 0 Å². The largest absolute Gasteiger partial charge is 0.354 e. The van der Waals surface area contributed by atoms with Crippen LogP contribution < -0.4 is 5.32 Å². The van der Waals surface area contributed by atoms with E-state index in [1.165, 1.54) is 6.92 Å². The van der Waals surface area contributed by atoms with Crippen molar-refractivity contribution in [2.24, 2.45) is 0 Å². The zero-order valence-electron chi connectivity index (χ0n) is 6.02. The molecule has 0 aliphatic rings. The zero-order chi connectivity index (χ0) is 7.33. The van der Waals surface area contributed by atoms with Crippen LogP contribution in [0.4, 0.5) is 0 Å². The monoisotopic (exact) mass is 133 g/mol. The maximum Gasteiger partial charge on any atom is 0.219 e. The number of aliphatic hydroxyl groups is 2. The number of nitrogens with one attached hydrogen (secondary N) is 1. The average molecular weight is 133 g/mol. The van der Waals surface area contributed by atoms with E-state index in [4.69, 9.17) is 10.2 Å². The van der Waals surface area contributed by atoms with E-state index in [1.54, 1.807) is 0 Å². The molecule has 0 rings (SSSR count). The fourth-order valence-corrected chi connectivity index (χ4v) is 0.502. The predicted molar refractivity (Wildman–Crippen MR) is 35.8 cm³/mol. The summed E-state index contributed by atoms with van der Waals surface area (Å²) in [6.45, 7) is 4.01. The minimum absolute atomic E-state index is 0.653. The molecule has 0 unspecified atom stereocenters. The van der Waals surface area contributed by atoms with Gasteiger partial charge in [0.05, 0.1) is 0 Å². The van der Waals surface area contributed by atoms with Crippen molar-refractivity contribution in [2.75, 3.05) is 6.54 Å². The van der Waals surface area contributed by atoms with Gasteiger partial charge < -0.3 is 10.2 Å². The topological polar surface area (TPSA) is 52.5 Å². The summed E-state index contributed by atoms with van der Waals surface area (Å²) in [5.74, 6) is -1.70. The first-order chi connectivity index (χ1) is 4.06. The Morgan fingerprint density at radius 1 is 1.44 bits per heavy atom. The van der Waals surface area contributed by atoms with E-state index in [1.807, 2.05) is 6.92 Å². The highest BCUT2D eigenvalue weighted by atomic mass is 16.5. The van der Waals surface area contributed by atoms with Gasteiger partial charge in [-0.1, -0.05) is 13.3 Å². The summed E-state index contributed by atoms with van der Waals surface area (Å²) >= 11 is 0. The van der Waals surface area contributed by atoms with Crippen LogP contribution in [0.3, 0.4) is 0 Å². The Hall–Kier alpha value is -0.120. The van der Waals surface area contributed by atoms with Gasteiger partial charge in [0.25, 0.3) is 0 Å². The highest BCUT2D eigenvalue weighted by Gasteiger charge is 2.11. The molecule has 0 saturated carbocycles. The average Bonchev–Trinajstić information content (AvgIpc) is 1.63. The van der Waals surface area contributed by atoms with Gasteiger partial charge in [0.1, 0.15) is 0 Å². The normalized spacial score (nSPS) is 12.0. The number of hydrogen-bond donors (Lipinski definition) is 3. The molecule has 0 aromatic rings. The molecule has 0 spiro atoms. The van der Waals surface area contributed by atoms with Crippen LogP contribution >= 0.6 is 0 Å². The molecule has 56 valence electrons. The first kappa shape index (κ1) is 8.88. The fourth-order valence-electron chi connectivity index (χ4n) is 0.502. The van der Waals surface area contributed by atoms with Crippen molar-refractivity contribution in [3.8, 4) is 0 Å². The molecular weight excluding hydrogens is 118 g/mol. The summed E-state index contributed by atoms with van der Waals surface area (Å²) in [5, 5.41) is 19.9. The smallest absolute Gasteiger partial charge is 0.219 e. The van der Waals surface area contributed by atoms with Gasteiger partial charge in [-0.15, -0.1) is 0 Å². The van der Waals surface area contributed by atoms with Crippen LogP contribution in [0.25, 0.3) is 0 Å². The highest BCUT2D eigenvalue weighted by Crippen LogP contribution is 1.90. The van der Waals surface area contributed by atoms with Crippen molar-refractivity contribution >= 4 is 0 Å². The minimum atomic E-state index is -1.70. The molecule has 0 heterocycles. The van der Waals surface area contributed by atoms with E-state index in [9.17, 15) is 0 Å². The van der Waals surface area contributed by atoms with E-state index in [-0.39, 0.29) is 0 Å². The summed E-state index contributed by atoms with van der Waals surface area (Å²) in [6, 6.07) is 0. The van der Waals surface area contributed by atoms with Crippen molar-refractivity contribution in [3.63, 3.8) is 0 Å². The Morgan fingerprint density at radius 2 is 2.00 bits per heavy atom. The van der Waals surface area contributed by atoms with Gasteiger partial charge in [-0.05, 0) is 13.0 Å². The third kappa shape index (κ3) is 7.88. The summed E-state index contributed by atoms with van der Waals surface area (Å²) < 4.78 is 0. The lowest BCUT2D eigenvalue weighted by atomic mass is 10.3. The van der Waals surface area contributed by atoms with E-state index in [0.717, 1.165) is 12.8 Å². The summed E-state index contributed by atoms with van der Waals surface area (Å²) in [7, 11) is 0. The van der Waals surface area contributed by atoms with Crippen LogP contribution in [0.5, 0.6) is 0 Å². The second-order valence-electron chi connectivity index (χ2n) is 2.30. The van der Waals surface area contributed by atoms with Gasteiger partial charge in [0.2, 0.25) is 5.91 Å². The SMILES string of the molecule is CCCCNC(C)(O)O. The fraction of sp³-hybridized carbons (Fsp3) is 1.00. The van der Waals surface area contributed by atoms with Gasteiger partial charge in [0.15, 0.2) is 0 Å². The molecular formula is C6H15NO2. The first-order valence-corrected chi connectivity index (χ1v) is 3.26. The Balaban J connectivity index is 3.07. The van der Waals surface area contributed by atoms with Crippen LogP contribution in [-0.4, -0.2) is 22.7 Å². The van der Waals surface area contributed by atoms with Crippen molar-refractivity contribution in [1.82, 2.24) is 5.32 Å². The van der Waals surface area contributed by atoms with Crippen LogP contribution in [0.15, 0.2) is 0 Å². The molecule has 0 aromatic carbocycles. The second-order valence-corrected chi connectivity index (χ2v) is 2.30. The van der Waals surface area contributed by atoms with E-state index < -0.39 is 5.91 Å². The van der Waals surface area contributed by atoms with Gasteiger partial charge in [-0.25, -0.2) is 0 Å². The summed E-state index contributed by atoms with van der Waals surface area (Å²) in [5.41, 5.74) is 0. The molecule has 3 N–H and O–H groups in total. The lowest BCUT2D eigenvalue weighted by molar-refractivity contribution is -0.169. The Labute approximate surface area is 55.7 Å². The van der Waals surface area contributed by atoms with E-state index in [2.05, 4.69) is 5.32 Å². The van der Waals surface area contributed by atoms with Crippen molar-refractivity contribution in [2.45, 2.75) is 32.6 Å². The van der Waals surface area contributed by atoms with Crippen LogP contribution in [-0.2, 0) is 0 Å². The van der Waals surface area contributed by atoms with Gasteiger partial charge in [-0.3, -0.25) is 5.32 Å². The zero-order valence-corrected chi connectivity index (χ0v) is 6.02. The Kier molecular flexibility index (Phi) is 3.77. The molecule has 3 nitrogen and oxygen atoms in total. The number of hydrogen-bond acceptors (Lipinski definition) is 3. The third-order valence-electron chi connectivity index (χ3n) is 0.990. The van der Waals surface area contributed by atoms with Gasteiger partial charge in [-0.2, -0.15) is 0 Å². The minimum Gasteiger partial charge on any atom is -0.354 e. The molecule has 0 radical (unpaired) electrons.